The van der Waals surface area contributed by atoms with Crippen molar-refractivity contribution in [3.63, 3.8) is 0 Å². The minimum Gasteiger partial charge on any atom is -0.106 e. The van der Waals surface area contributed by atoms with Gasteiger partial charge in [-0.1, -0.05) is 7.05 Å². The normalized spacial score (nSPS) is 10.9. The third-order valence-corrected chi connectivity index (χ3v) is 16.6. The van der Waals surface area contributed by atoms with Crippen LogP contribution in [-0.2, 0) is 82.7 Å². The van der Waals surface area contributed by atoms with E-state index >= 15 is 0 Å². The molecule has 0 aromatic carbocycles. The van der Waals surface area contributed by atoms with Crippen LogP contribution < -0.4 is 0 Å². The van der Waals surface area contributed by atoms with E-state index in [1.165, 1.54) is 8.88 Å². The van der Waals surface area contributed by atoms with Crippen LogP contribution in [0, 0.1) is 0 Å². The first-order valence-electron chi connectivity index (χ1n) is 1.57. The minimum absolute atomic E-state index is 0.540. The Kier molecular flexibility index (Phi) is 11.9. The molecule has 1 atom stereocenters. The monoisotopic (exact) mass is 322 g/mol. The summed E-state index contributed by atoms with van der Waals surface area (Å²) >= 11 is 13.6. The minimum atomic E-state index is -0.540. The van der Waals surface area contributed by atoms with Crippen molar-refractivity contribution in [2.24, 2.45) is 0 Å². The van der Waals surface area contributed by atoms with E-state index in [-0.39, 0.29) is 0 Å². The van der Waals surface area contributed by atoms with Crippen molar-refractivity contribution in [1.29, 1.82) is 0 Å². The number of hydrogen-bond donors (Lipinski definition) is 2. The standard InChI is InChI=1S/H2S10/c1-4-5-6-7-8-9-10(2)3/h10H,(H,2,3). The lowest BCUT2D eigenvalue weighted by molar-refractivity contribution is 5.90. The number of hydrogen-bond acceptors (Lipinski definition) is 2. The van der Waals surface area contributed by atoms with Crippen LogP contribution in [0.2, 0.25) is 0 Å². The zero-order valence-corrected chi connectivity index (χ0v) is 12.5. The van der Waals surface area contributed by atoms with Gasteiger partial charge in [0.1, 0.15) is 0 Å². The van der Waals surface area contributed by atoms with Gasteiger partial charge in [-0.25, -0.2) is 0 Å². The average Bonchev–Trinajstić information content (AvgIpc) is 1.87. The van der Waals surface area contributed by atoms with Gasteiger partial charge in [0.15, 0.2) is 0 Å². The molecule has 0 saturated heterocycles. The highest BCUT2D eigenvalue weighted by molar-refractivity contribution is 8.91. The lowest BCUT2D eigenvalue weighted by atomic mass is 30.6. The second-order valence-corrected chi connectivity index (χ2v) is 17.6. The summed E-state index contributed by atoms with van der Waals surface area (Å²) in [5.41, 5.74) is 0. The highest BCUT2D eigenvalue weighted by atomic mass is 33.6. The van der Waals surface area contributed by atoms with Crippen LogP contribution in [0.5, 0.6) is 0 Å². The highest BCUT2D eigenvalue weighted by Crippen LogP contribution is 1.67. The van der Waals surface area contributed by atoms with Crippen LogP contribution in [0.25, 0.3) is 0 Å². The quantitative estimate of drug-likeness (QED) is 0.479. The Morgan fingerprint density at radius 1 is 1.10 bits per heavy atom. The van der Waals surface area contributed by atoms with E-state index in [2.05, 4.69) is 22.8 Å². The fraction of sp³-hybridized carbons (Fsp3) is 0. The summed E-state index contributed by atoms with van der Waals surface area (Å²) < 4.78 is 0. The molecule has 0 heterocycles. The molecule has 10 heteroatoms. The van der Waals surface area contributed by atoms with E-state index in [1.54, 1.807) is 44.4 Å². The zero-order chi connectivity index (χ0) is 7.82. The molecule has 1 unspecified atom stereocenters. The molecule has 0 fully saturated rings. The second kappa shape index (κ2) is 9.55. The molecule has 0 aromatic heterocycles. The van der Waals surface area contributed by atoms with Gasteiger partial charge in [-0.15, -0.1) is 11.7 Å². The first-order chi connectivity index (χ1) is 4.77. The second-order valence-electron chi connectivity index (χ2n) is 0.653. The first-order valence-corrected chi connectivity index (χ1v) is 14.1. The summed E-state index contributed by atoms with van der Waals surface area (Å²) in [5, 5.41) is 0. The molecular formula is H2S10. The lowest BCUT2D eigenvalue weighted by Gasteiger charge is -1.55. The highest BCUT2D eigenvalue weighted by Gasteiger charge is 1.46. The number of thiol groups is 2. The maximum absolute atomic E-state index is 4.87. The molecule has 0 aliphatic rings. The van der Waals surface area contributed by atoms with Gasteiger partial charge in [-0.3, -0.25) is 0 Å². The van der Waals surface area contributed by atoms with Crippen LogP contribution in [-0.4, -0.2) is 0 Å². The Labute approximate surface area is 92.7 Å². The van der Waals surface area contributed by atoms with Gasteiger partial charge in [-0.05, 0) is 75.7 Å². The van der Waals surface area contributed by atoms with Crippen molar-refractivity contribution in [2.45, 2.75) is 0 Å². The Hall–Kier alpha value is 2.46. The summed E-state index contributed by atoms with van der Waals surface area (Å²) in [6, 6.07) is 0. The van der Waals surface area contributed by atoms with E-state index in [0.717, 1.165) is 0 Å². The summed E-state index contributed by atoms with van der Waals surface area (Å²) in [5.74, 6) is 0. The Morgan fingerprint density at radius 2 is 1.70 bits per heavy atom. The van der Waals surface area contributed by atoms with Crippen molar-refractivity contribution < 1.29 is 0 Å². The van der Waals surface area contributed by atoms with Crippen molar-refractivity contribution >= 4 is 94.4 Å². The van der Waals surface area contributed by atoms with Gasteiger partial charge in [0.2, 0.25) is 0 Å². The molecule has 0 aliphatic carbocycles. The Morgan fingerprint density at radius 3 is 2.20 bits per heavy atom. The molecule has 62 valence electrons. The molecular weight excluding hydrogens is 321 g/mol. The van der Waals surface area contributed by atoms with E-state index in [4.69, 9.17) is 11.2 Å². The topological polar surface area (TPSA) is 0 Å². The molecule has 0 aromatic rings. The van der Waals surface area contributed by atoms with Crippen LogP contribution in [0.1, 0.15) is 0 Å². The predicted octanol–water partition coefficient (Wildman–Crippen LogP) is 0.0912. The summed E-state index contributed by atoms with van der Waals surface area (Å²) in [4.78, 5) is 0. The Bertz CT molecular complexity index is 346. The Balaban J connectivity index is 5.31. The molecule has 0 N–H and O–H groups in total. The van der Waals surface area contributed by atoms with E-state index in [0.29, 0.717) is 0 Å². The lowest BCUT2D eigenvalue weighted by Crippen LogP contribution is -1.43. The zero-order valence-electron chi connectivity index (χ0n) is 4.16. The number of rotatable bonds is 0. The van der Waals surface area contributed by atoms with Crippen molar-refractivity contribution in [3.8, 4) is 0 Å². The molecule has 0 amide bonds. The van der Waals surface area contributed by atoms with E-state index in [1.807, 2.05) is 0 Å². The summed E-state index contributed by atoms with van der Waals surface area (Å²) in [6.07, 6.45) is 0. The molecule has 0 radical (unpaired) electrons. The van der Waals surface area contributed by atoms with Crippen molar-refractivity contribution in [3.05, 3.63) is 0 Å². The predicted molar refractivity (Wildman–Crippen MR) is 76.7 cm³/mol. The largest absolute Gasteiger partial charge is 0.106 e. The van der Waals surface area contributed by atoms with Crippen LogP contribution in [0.15, 0.2) is 0 Å². The molecule has 0 aliphatic heterocycles. The van der Waals surface area contributed by atoms with Crippen LogP contribution in [0.4, 0.5) is 0 Å². The summed E-state index contributed by atoms with van der Waals surface area (Å²) in [7, 11) is 9.02. The first kappa shape index (κ1) is 12.5. The fourth-order valence-electron chi connectivity index (χ4n) is 0.0725. The van der Waals surface area contributed by atoms with Gasteiger partial charge in [0.05, 0.1) is 0 Å². The van der Waals surface area contributed by atoms with Gasteiger partial charge in [0, 0.05) is 0 Å². The molecule has 0 nitrogen and oxygen atoms in total. The molecule has 10 heavy (non-hydrogen) atoms. The van der Waals surface area contributed by atoms with Gasteiger partial charge >= 0.3 is 0 Å². The summed E-state index contributed by atoms with van der Waals surface area (Å²) in [6.45, 7) is 0. The SMILES string of the molecule is S=S=S=S=S=S=S=[SH](=S)S. The van der Waals surface area contributed by atoms with E-state index < -0.39 is 7.05 Å². The van der Waals surface area contributed by atoms with Gasteiger partial charge in [-0.2, -0.15) is 0 Å². The smallest absolute Gasteiger partial charge is 0.00000000000305 e. The average molecular weight is 323 g/mol. The molecule has 0 bridgehead atoms. The van der Waals surface area contributed by atoms with Gasteiger partial charge < -0.3 is 0 Å². The van der Waals surface area contributed by atoms with Crippen LogP contribution in [0.3, 0.4) is 0 Å². The van der Waals surface area contributed by atoms with E-state index in [9.17, 15) is 0 Å². The third kappa shape index (κ3) is 10.5. The van der Waals surface area contributed by atoms with Crippen molar-refractivity contribution in [1.82, 2.24) is 0 Å². The molecule has 0 saturated carbocycles. The van der Waals surface area contributed by atoms with Gasteiger partial charge in [0.25, 0.3) is 0 Å². The molecule has 0 rings (SSSR count). The maximum Gasteiger partial charge on any atom is -0.00000000000305 e. The maximum atomic E-state index is 4.87. The fourth-order valence-corrected chi connectivity index (χ4v) is 17.6. The molecule has 0 spiro atoms. The van der Waals surface area contributed by atoms with Crippen LogP contribution >= 0.6 is 11.7 Å². The van der Waals surface area contributed by atoms with Crippen molar-refractivity contribution in [2.75, 3.05) is 0 Å². The third-order valence-electron chi connectivity index (χ3n) is 0.205.